The van der Waals surface area contributed by atoms with Crippen molar-refractivity contribution in [3.05, 3.63) is 42.2 Å². The van der Waals surface area contributed by atoms with E-state index in [0.29, 0.717) is 37.0 Å². The number of hydrogen-bond donors (Lipinski definition) is 3. The lowest BCUT2D eigenvalue weighted by Gasteiger charge is -2.12. The van der Waals surface area contributed by atoms with E-state index < -0.39 is 0 Å². The largest absolute Gasteiger partial charge is 0.393 e. The summed E-state index contributed by atoms with van der Waals surface area (Å²) < 4.78 is 4.98. The monoisotopic (exact) mass is 273 g/mol. The Morgan fingerprint density at radius 2 is 1.80 bits per heavy atom. The summed E-state index contributed by atoms with van der Waals surface area (Å²) in [4.78, 5) is 8.29. The Morgan fingerprint density at radius 1 is 1.10 bits per heavy atom. The van der Waals surface area contributed by atoms with Gasteiger partial charge in [-0.25, -0.2) is 9.97 Å². The van der Waals surface area contributed by atoms with E-state index in [4.69, 9.17) is 10.5 Å². The summed E-state index contributed by atoms with van der Waals surface area (Å²) in [6.07, 6.45) is 1.48. The van der Waals surface area contributed by atoms with Gasteiger partial charge >= 0.3 is 0 Å². The van der Waals surface area contributed by atoms with Gasteiger partial charge in [-0.2, -0.15) is 0 Å². The van der Waals surface area contributed by atoms with Gasteiger partial charge in [0.2, 0.25) is 0 Å². The van der Waals surface area contributed by atoms with Crippen LogP contribution in [0.3, 0.4) is 0 Å². The van der Waals surface area contributed by atoms with Gasteiger partial charge in [0.15, 0.2) is 11.6 Å². The van der Waals surface area contributed by atoms with Gasteiger partial charge in [-0.15, -0.1) is 0 Å². The minimum absolute atomic E-state index is 0.513. The zero-order valence-electron chi connectivity index (χ0n) is 11.5. The highest BCUT2D eigenvalue weighted by atomic mass is 16.5. The molecule has 6 heteroatoms. The molecule has 0 spiro atoms. The Kier molecular flexibility index (Phi) is 5.14. The molecule has 2 aromatic rings. The molecule has 0 atom stereocenters. The van der Waals surface area contributed by atoms with Gasteiger partial charge in [0.05, 0.1) is 6.61 Å². The summed E-state index contributed by atoms with van der Waals surface area (Å²) >= 11 is 0. The Hall–Kier alpha value is -2.34. The van der Waals surface area contributed by atoms with E-state index in [1.165, 1.54) is 11.9 Å². The lowest BCUT2D eigenvalue weighted by atomic mass is 10.2. The fourth-order valence-corrected chi connectivity index (χ4v) is 1.73. The highest BCUT2D eigenvalue weighted by Gasteiger charge is 2.07. The number of nitrogens with zero attached hydrogens (tertiary/aromatic N) is 2. The van der Waals surface area contributed by atoms with Gasteiger partial charge in [0.1, 0.15) is 12.0 Å². The number of rotatable bonds is 7. The summed E-state index contributed by atoms with van der Waals surface area (Å²) in [5.74, 6) is 1.25. The molecular formula is C14H19N5O. The topological polar surface area (TPSA) is 85.1 Å². The molecule has 0 fully saturated rings. The first-order valence-corrected chi connectivity index (χ1v) is 6.42. The summed E-state index contributed by atoms with van der Waals surface area (Å²) in [7, 11) is 1.65. The minimum atomic E-state index is 0.513. The molecule has 106 valence electrons. The average molecular weight is 273 g/mol. The number of nitrogen functional groups attached to an aromatic ring is 1. The van der Waals surface area contributed by atoms with Crippen LogP contribution in [0.4, 0.5) is 17.3 Å². The van der Waals surface area contributed by atoms with E-state index >= 15 is 0 Å². The van der Waals surface area contributed by atoms with Crippen LogP contribution in [-0.4, -0.2) is 30.2 Å². The van der Waals surface area contributed by atoms with Crippen LogP contribution in [-0.2, 0) is 11.3 Å². The van der Waals surface area contributed by atoms with Crippen molar-refractivity contribution >= 4 is 17.3 Å². The fourth-order valence-electron chi connectivity index (χ4n) is 1.73. The quantitative estimate of drug-likeness (QED) is 0.666. The van der Waals surface area contributed by atoms with Crippen molar-refractivity contribution in [2.45, 2.75) is 6.54 Å². The summed E-state index contributed by atoms with van der Waals surface area (Å²) in [6.45, 7) is 1.91. The molecular weight excluding hydrogens is 254 g/mol. The molecule has 0 aliphatic carbocycles. The van der Waals surface area contributed by atoms with Gasteiger partial charge in [0.25, 0.3) is 0 Å². The van der Waals surface area contributed by atoms with Crippen molar-refractivity contribution in [1.82, 2.24) is 9.97 Å². The third kappa shape index (κ3) is 3.83. The first kappa shape index (κ1) is 14.1. The van der Waals surface area contributed by atoms with Crippen molar-refractivity contribution in [2.24, 2.45) is 0 Å². The number of aromatic nitrogens is 2. The maximum absolute atomic E-state index is 6.04. The van der Waals surface area contributed by atoms with Gasteiger partial charge in [-0.05, 0) is 5.56 Å². The Labute approximate surface area is 118 Å². The molecule has 2 rings (SSSR count). The zero-order valence-corrected chi connectivity index (χ0v) is 11.5. The second kappa shape index (κ2) is 7.30. The highest BCUT2D eigenvalue weighted by molar-refractivity contribution is 5.73. The lowest BCUT2D eigenvalue weighted by molar-refractivity contribution is 0.210. The van der Waals surface area contributed by atoms with Gasteiger partial charge < -0.3 is 21.1 Å². The predicted molar refractivity (Wildman–Crippen MR) is 80.6 cm³/mol. The van der Waals surface area contributed by atoms with Crippen molar-refractivity contribution in [1.29, 1.82) is 0 Å². The number of anilines is 3. The first-order valence-electron chi connectivity index (χ1n) is 6.42. The second-order valence-electron chi connectivity index (χ2n) is 4.24. The van der Waals surface area contributed by atoms with Crippen LogP contribution in [0, 0.1) is 0 Å². The molecule has 1 heterocycles. The maximum Gasteiger partial charge on any atom is 0.155 e. The van der Waals surface area contributed by atoms with Crippen LogP contribution in [0.25, 0.3) is 0 Å². The molecule has 1 aromatic heterocycles. The number of hydrogen-bond acceptors (Lipinski definition) is 6. The Bertz CT molecular complexity index is 532. The second-order valence-corrected chi connectivity index (χ2v) is 4.24. The standard InChI is InChI=1S/C14H19N5O/c1-20-8-7-16-13-12(15)14(19-10-18-13)17-9-11-5-3-2-4-6-11/h2-6,10H,7-9,15H2,1H3,(H2,16,17,18,19). The smallest absolute Gasteiger partial charge is 0.155 e. The molecule has 0 aliphatic rings. The maximum atomic E-state index is 6.04. The van der Waals surface area contributed by atoms with Crippen LogP contribution in [0.15, 0.2) is 36.7 Å². The Morgan fingerprint density at radius 3 is 2.50 bits per heavy atom. The van der Waals surface area contributed by atoms with Gasteiger partial charge in [-0.3, -0.25) is 0 Å². The van der Waals surface area contributed by atoms with Crippen LogP contribution in [0.2, 0.25) is 0 Å². The van der Waals surface area contributed by atoms with Crippen LogP contribution in [0.1, 0.15) is 5.56 Å². The van der Waals surface area contributed by atoms with E-state index in [-0.39, 0.29) is 0 Å². The third-order valence-electron chi connectivity index (χ3n) is 2.79. The molecule has 0 aliphatic heterocycles. The number of nitrogens with two attached hydrogens (primary N) is 1. The predicted octanol–water partition coefficient (Wildman–Crippen LogP) is 1.73. The van der Waals surface area contributed by atoms with Crippen molar-refractivity contribution in [2.75, 3.05) is 36.6 Å². The summed E-state index contributed by atoms with van der Waals surface area (Å²) in [6, 6.07) is 10.1. The Balaban J connectivity index is 1.99. The molecule has 0 saturated carbocycles. The number of ether oxygens (including phenoxy) is 1. The van der Waals surface area contributed by atoms with E-state index in [9.17, 15) is 0 Å². The van der Waals surface area contributed by atoms with Crippen molar-refractivity contribution in [3.63, 3.8) is 0 Å². The SMILES string of the molecule is COCCNc1ncnc(NCc2ccccc2)c1N. The molecule has 0 unspecified atom stereocenters. The van der Waals surface area contributed by atoms with Crippen LogP contribution in [0.5, 0.6) is 0 Å². The number of methoxy groups -OCH3 is 1. The van der Waals surface area contributed by atoms with E-state index in [0.717, 1.165) is 0 Å². The molecule has 20 heavy (non-hydrogen) atoms. The fraction of sp³-hybridized carbons (Fsp3) is 0.286. The molecule has 0 amide bonds. The van der Waals surface area contributed by atoms with Crippen molar-refractivity contribution in [3.8, 4) is 0 Å². The molecule has 0 radical (unpaired) electrons. The molecule has 4 N–H and O–H groups in total. The zero-order chi connectivity index (χ0) is 14.2. The molecule has 0 bridgehead atoms. The van der Waals surface area contributed by atoms with E-state index in [1.54, 1.807) is 7.11 Å². The lowest BCUT2D eigenvalue weighted by Crippen LogP contribution is -2.13. The molecule has 0 saturated heterocycles. The third-order valence-corrected chi connectivity index (χ3v) is 2.79. The summed E-state index contributed by atoms with van der Waals surface area (Å²) in [5, 5.41) is 6.32. The van der Waals surface area contributed by atoms with E-state index in [1.807, 2.05) is 30.3 Å². The van der Waals surface area contributed by atoms with Crippen molar-refractivity contribution < 1.29 is 4.74 Å². The first-order chi connectivity index (χ1) is 9.81. The molecule has 6 nitrogen and oxygen atoms in total. The minimum Gasteiger partial charge on any atom is -0.393 e. The van der Waals surface area contributed by atoms with Crippen LogP contribution < -0.4 is 16.4 Å². The highest BCUT2D eigenvalue weighted by Crippen LogP contribution is 2.22. The van der Waals surface area contributed by atoms with Crippen LogP contribution >= 0.6 is 0 Å². The van der Waals surface area contributed by atoms with E-state index in [2.05, 4.69) is 20.6 Å². The van der Waals surface area contributed by atoms with Gasteiger partial charge in [-0.1, -0.05) is 30.3 Å². The molecule has 1 aromatic carbocycles. The summed E-state index contributed by atoms with van der Waals surface area (Å²) in [5.41, 5.74) is 7.72. The number of benzene rings is 1. The number of nitrogens with one attached hydrogen (secondary N) is 2. The normalized spacial score (nSPS) is 10.2. The average Bonchev–Trinajstić information content (AvgIpc) is 2.49. The van der Waals surface area contributed by atoms with Gasteiger partial charge in [0, 0.05) is 20.2 Å².